The molecule has 0 saturated heterocycles. The van der Waals surface area contributed by atoms with Crippen LogP contribution in [0, 0.1) is 6.92 Å². The predicted molar refractivity (Wildman–Crippen MR) is 111 cm³/mol. The third-order valence-electron chi connectivity index (χ3n) is 4.37. The van der Waals surface area contributed by atoms with Crippen LogP contribution in [0.2, 0.25) is 5.02 Å². The minimum Gasteiger partial charge on any atom is -0.484 e. The van der Waals surface area contributed by atoms with Crippen molar-refractivity contribution in [3.8, 4) is 5.75 Å². The summed E-state index contributed by atoms with van der Waals surface area (Å²) in [4.78, 5) is 26.9. The highest BCUT2D eigenvalue weighted by Crippen LogP contribution is 2.16. The van der Waals surface area contributed by atoms with Crippen molar-refractivity contribution in [3.05, 3.63) is 64.7 Å². The quantitative estimate of drug-likeness (QED) is 0.690. The zero-order chi connectivity index (χ0) is 20.5. The molecule has 0 aliphatic carbocycles. The van der Waals surface area contributed by atoms with Gasteiger partial charge in [0.1, 0.15) is 11.8 Å². The van der Waals surface area contributed by atoms with Gasteiger partial charge in [0.25, 0.3) is 5.91 Å². The summed E-state index contributed by atoms with van der Waals surface area (Å²) in [6.07, 6.45) is 0.837. The lowest BCUT2D eigenvalue weighted by Gasteiger charge is -2.28. The lowest BCUT2D eigenvalue weighted by Crippen LogP contribution is -2.49. The number of hydrogen-bond acceptors (Lipinski definition) is 3. The van der Waals surface area contributed by atoms with Gasteiger partial charge in [0.2, 0.25) is 5.91 Å². The van der Waals surface area contributed by atoms with Gasteiger partial charge in [-0.15, -0.1) is 0 Å². The smallest absolute Gasteiger partial charge is 0.261 e. The molecule has 0 heterocycles. The molecule has 0 aliphatic heterocycles. The number of benzene rings is 2. The Morgan fingerprint density at radius 2 is 1.75 bits per heavy atom. The van der Waals surface area contributed by atoms with Crippen molar-refractivity contribution in [1.29, 1.82) is 0 Å². The highest BCUT2D eigenvalue weighted by Gasteiger charge is 2.26. The standard InChI is InChI=1S/C22H27ClN2O3/c1-4-13-24-22(27)17(3)25(14-18-7-5-16(2)6-8-18)21(26)15-28-20-11-9-19(23)10-12-20/h5-12,17H,4,13-15H2,1-3H3,(H,24,27). The molecule has 0 saturated carbocycles. The number of ether oxygens (including phenoxy) is 1. The molecule has 1 N–H and O–H groups in total. The van der Waals surface area contributed by atoms with Crippen molar-refractivity contribution in [1.82, 2.24) is 10.2 Å². The number of rotatable bonds is 9. The summed E-state index contributed by atoms with van der Waals surface area (Å²) in [5.74, 6) is 0.125. The van der Waals surface area contributed by atoms with Crippen LogP contribution in [0.25, 0.3) is 0 Å². The summed E-state index contributed by atoms with van der Waals surface area (Å²) < 4.78 is 5.59. The Hall–Kier alpha value is -2.53. The predicted octanol–water partition coefficient (Wildman–Crippen LogP) is 3.97. The van der Waals surface area contributed by atoms with Crippen LogP contribution in [0.15, 0.2) is 48.5 Å². The second kappa shape index (κ2) is 10.7. The number of nitrogens with zero attached hydrogens (tertiary/aromatic N) is 1. The fraction of sp³-hybridized carbons (Fsp3) is 0.364. The van der Waals surface area contributed by atoms with Crippen molar-refractivity contribution >= 4 is 23.4 Å². The molecule has 0 radical (unpaired) electrons. The fourth-order valence-electron chi connectivity index (χ4n) is 2.63. The summed E-state index contributed by atoms with van der Waals surface area (Å²) in [6, 6.07) is 14.1. The van der Waals surface area contributed by atoms with Gasteiger partial charge in [-0.1, -0.05) is 48.4 Å². The van der Waals surface area contributed by atoms with Gasteiger partial charge in [0, 0.05) is 18.1 Å². The zero-order valence-electron chi connectivity index (χ0n) is 16.6. The van der Waals surface area contributed by atoms with Crippen LogP contribution < -0.4 is 10.1 Å². The third kappa shape index (κ3) is 6.57. The summed E-state index contributed by atoms with van der Waals surface area (Å²) in [6.45, 7) is 6.49. The lowest BCUT2D eigenvalue weighted by molar-refractivity contribution is -0.142. The van der Waals surface area contributed by atoms with E-state index in [1.165, 1.54) is 0 Å². The van der Waals surface area contributed by atoms with Crippen LogP contribution in [0.3, 0.4) is 0 Å². The highest BCUT2D eigenvalue weighted by atomic mass is 35.5. The second-order valence-corrected chi connectivity index (χ2v) is 7.15. The maximum Gasteiger partial charge on any atom is 0.261 e. The monoisotopic (exact) mass is 402 g/mol. The normalized spacial score (nSPS) is 11.6. The Balaban J connectivity index is 2.10. The number of hydrogen-bond donors (Lipinski definition) is 1. The van der Waals surface area contributed by atoms with E-state index in [4.69, 9.17) is 16.3 Å². The Labute approximate surface area is 171 Å². The summed E-state index contributed by atoms with van der Waals surface area (Å²) in [5, 5.41) is 3.45. The lowest BCUT2D eigenvalue weighted by atomic mass is 10.1. The van der Waals surface area contributed by atoms with E-state index in [2.05, 4.69) is 5.32 Å². The molecule has 0 fully saturated rings. The second-order valence-electron chi connectivity index (χ2n) is 6.72. The maximum atomic E-state index is 12.9. The van der Waals surface area contributed by atoms with Gasteiger partial charge in [-0.3, -0.25) is 9.59 Å². The first-order chi connectivity index (χ1) is 13.4. The van der Waals surface area contributed by atoms with E-state index in [0.29, 0.717) is 23.9 Å². The van der Waals surface area contributed by atoms with Crippen LogP contribution in [0.4, 0.5) is 0 Å². The van der Waals surface area contributed by atoms with Crippen LogP contribution in [0.1, 0.15) is 31.4 Å². The van der Waals surface area contributed by atoms with Crippen molar-refractivity contribution in [3.63, 3.8) is 0 Å². The highest BCUT2D eigenvalue weighted by molar-refractivity contribution is 6.30. The molecule has 5 nitrogen and oxygen atoms in total. The molecule has 0 aliphatic rings. The van der Waals surface area contributed by atoms with E-state index < -0.39 is 6.04 Å². The van der Waals surface area contributed by atoms with Crippen molar-refractivity contribution in [2.24, 2.45) is 0 Å². The van der Waals surface area contributed by atoms with Crippen LogP contribution in [0.5, 0.6) is 5.75 Å². The minimum absolute atomic E-state index is 0.154. The van der Waals surface area contributed by atoms with Gasteiger partial charge in [0.15, 0.2) is 6.61 Å². The van der Waals surface area contributed by atoms with Gasteiger partial charge in [-0.2, -0.15) is 0 Å². The maximum absolute atomic E-state index is 12.9. The minimum atomic E-state index is -0.603. The molecule has 0 bridgehead atoms. The molecule has 6 heteroatoms. The molecule has 2 aromatic rings. The molecule has 2 amide bonds. The molecule has 2 aromatic carbocycles. The van der Waals surface area contributed by atoms with Crippen molar-refractivity contribution in [2.75, 3.05) is 13.2 Å². The van der Waals surface area contributed by atoms with E-state index in [1.807, 2.05) is 38.1 Å². The number of halogens is 1. The first-order valence-corrected chi connectivity index (χ1v) is 9.79. The van der Waals surface area contributed by atoms with Crippen LogP contribution >= 0.6 is 11.6 Å². The molecule has 0 aromatic heterocycles. The summed E-state index contributed by atoms with van der Waals surface area (Å²) in [7, 11) is 0. The number of nitrogens with one attached hydrogen (secondary N) is 1. The number of carbonyl (C=O) groups is 2. The topological polar surface area (TPSA) is 58.6 Å². The van der Waals surface area contributed by atoms with Crippen molar-refractivity contribution in [2.45, 2.75) is 39.8 Å². The average molecular weight is 403 g/mol. The Morgan fingerprint density at radius 3 is 2.36 bits per heavy atom. The van der Waals surface area contributed by atoms with Gasteiger partial charge in [0.05, 0.1) is 0 Å². The van der Waals surface area contributed by atoms with E-state index >= 15 is 0 Å². The largest absolute Gasteiger partial charge is 0.484 e. The zero-order valence-corrected chi connectivity index (χ0v) is 17.3. The number of aryl methyl sites for hydroxylation is 1. The molecule has 28 heavy (non-hydrogen) atoms. The van der Waals surface area contributed by atoms with E-state index in [9.17, 15) is 9.59 Å². The molecule has 150 valence electrons. The first kappa shape index (κ1) is 21.8. The summed E-state index contributed by atoms with van der Waals surface area (Å²) >= 11 is 5.87. The van der Waals surface area contributed by atoms with Gasteiger partial charge in [-0.05, 0) is 50.1 Å². The average Bonchev–Trinajstić information content (AvgIpc) is 2.70. The van der Waals surface area contributed by atoms with Gasteiger partial charge >= 0.3 is 0 Å². The molecule has 1 atom stereocenters. The molecular weight excluding hydrogens is 376 g/mol. The third-order valence-corrected chi connectivity index (χ3v) is 4.62. The van der Waals surface area contributed by atoms with Gasteiger partial charge in [-0.25, -0.2) is 0 Å². The Kier molecular flexibility index (Phi) is 8.33. The molecule has 2 rings (SSSR count). The number of amides is 2. The van der Waals surface area contributed by atoms with Crippen LogP contribution in [-0.2, 0) is 16.1 Å². The van der Waals surface area contributed by atoms with Crippen molar-refractivity contribution < 1.29 is 14.3 Å². The Bertz CT molecular complexity index is 775. The van der Waals surface area contributed by atoms with E-state index in [1.54, 1.807) is 36.1 Å². The fourth-order valence-corrected chi connectivity index (χ4v) is 2.75. The summed E-state index contributed by atoms with van der Waals surface area (Å²) in [5.41, 5.74) is 2.10. The van der Waals surface area contributed by atoms with E-state index in [0.717, 1.165) is 17.5 Å². The Morgan fingerprint density at radius 1 is 1.11 bits per heavy atom. The SMILES string of the molecule is CCCNC(=O)C(C)N(Cc1ccc(C)cc1)C(=O)COc1ccc(Cl)cc1. The molecule has 1 unspecified atom stereocenters. The molecular formula is C22H27ClN2O3. The van der Waals surface area contributed by atoms with Gasteiger partial charge < -0.3 is 15.0 Å². The van der Waals surface area contributed by atoms with Crippen LogP contribution in [-0.4, -0.2) is 35.9 Å². The van der Waals surface area contributed by atoms with E-state index in [-0.39, 0.29) is 18.4 Å². The molecule has 0 spiro atoms. The first-order valence-electron chi connectivity index (χ1n) is 9.41. The number of carbonyl (C=O) groups excluding carboxylic acids is 2.